The van der Waals surface area contributed by atoms with Crippen molar-refractivity contribution in [2.24, 2.45) is 0 Å². The van der Waals surface area contributed by atoms with E-state index in [1.807, 2.05) is 18.5 Å². The molecular formula is C16H20N6. The number of hydrogen-bond donors (Lipinski definition) is 2. The first-order valence-corrected chi connectivity index (χ1v) is 7.47. The summed E-state index contributed by atoms with van der Waals surface area (Å²) in [6, 6.07) is 2.03. The first kappa shape index (κ1) is 14.3. The molecule has 3 heterocycles. The molecule has 0 unspecified atom stereocenters. The lowest BCUT2D eigenvalue weighted by Gasteiger charge is -2.30. The van der Waals surface area contributed by atoms with Crippen molar-refractivity contribution >= 4 is 22.9 Å². The lowest BCUT2D eigenvalue weighted by Crippen LogP contribution is -2.30. The molecule has 1 aliphatic heterocycles. The monoisotopic (exact) mass is 296 g/mol. The molecule has 1 aliphatic rings. The van der Waals surface area contributed by atoms with E-state index in [9.17, 15) is 0 Å². The molecule has 0 radical (unpaired) electrons. The van der Waals surface area contributed by atoms with Gasteiger partial charge in [0.1, 0.15) is 5.69 Å². The molecule has 114 valence electrons. The van der Waals surface area contributed by atoms with E-state index in [2.05, 4.69) is 31.7 Å². The van der Waals surface area contributed by atoms with Crippen LogP contribution < -0.4 is 16.0 Å². The zero-order chi connectivity index (χ0) is 15.4. The van der Waals surface area contributed by atoms with Crippen molar-refractivity contribution in [3.05, 3.63) is 43.1 Å². The highest BCUT2D eigenvalue weighted by atomic mass is 15.2. The molecular weight excluding hydrogens is 276 g/mol. The molecule has 0 atom stereocenters. The van der Waals surface area contributed by atoms with Crippen molar-refractivity contribution in [2.75, 3.05) is 29.0 Å². The number of hydrogen-bond acceptors (Lipinski definition) is 6. The van der Waals surface area contributed by atoms with E-state index in [4.69, 9.17) is 5.73 Å². The van der Waals surface area contributed by atoms with Gasteiger partial charge < -0.3 is 16.0 Å². The van der Waals surface area contributed by atoms with Crippen molar-refractivity contribution < 1.29 is 0 Å². The van der Waals surface area contributed by atoms with Crippen LogP contribution in [0.5, 0.6) is 0 Å². The largest absolute Gasteiger partial charge is 0.382 e. The number of piperidine rings is 1. The fourth-order valence-electron chi connectivity index (χ4n) is 2.70. The predicted molar refractivity (Wildman–Crippen MR) is 89.4 cm³/mol. The molecule has 0 aliphatic carbocycles. The van der Waals surface area contributed by atoms with E-state index in [1.165, 1.54) is 19.3 Å². The maximum absolute atomic E-state index is 5.86. The van der Waals surface area contributed by atoms with Gasteiger partial charge in [-0.1, -0.05) is 6.58 Å². The second-order valence-electron chi connectivity index (χ2n) is 5.33. The predicted octanol–water partition coefficient (Wildman–Crippen LogP) is 2.53. The van der Waals surface area contributed by atoms with Gasteiger partial charge in [-0.3, -0.25) is 4.98 Å². The molecule has 0 bridgehead atoms. The zero-order valence-corrected chi connectivity index (χ0v) is 12.5. The minimum atomic E-state index is 0.364. The number of nitrogens with one attached hydrogen (secondary N) is 1. The Kier molecular flexibility index (Phi) is 4.18. The molecule has 22 heavy (non-hydrogen) atoms. The summed E-state index contributed by atoms with van der Waals surface area (Å²) in [6.07, 6.45) is 10.5. The Bertz CT molecular complexity index is 663. The van der Waals surface area contributed by atoms with Gasteiger partial charge in [-0.2, -0.15) is 0 Å². The summed E-state index contributed by atoms with van der Waals surface area (Å²) in [5.74, 6) is 0.364. The van der Waals surface area contributed by atoms with Crippen LogP contribution in [0.3, 0.4) is 0 Å². The number of anilines is 3. The van der Waals surface area contributed by atoms with Crippen LogP contribution in [0.2, 0.25) is 0 Å². The third-order valence-electron chi connectivity index (χ3n) is 3.79. The summed E-state index contributed by atoms with van der Waals surface area (Å²) in [7, 11) is 0. The summed E-state index contributed by atoms with van der Waals surface area (Å²) in [5.41, 5.74) is 9.10. The van der Waals surface area contributed by atoms with Crippen molar-refractivity contribution in [1.82, 2.24) is 15.0 Å². The highest BCUT2D eigenvalue weighted by Crippen LogP contribution is 2.29. The van der Waals surface area contributed by atoms with Gasteiger partial charge >= 0.3 is 0 Å². The molecule has 3 N–H and O–H groups in total. The molecule has 0 saturated carbocycles. The Morgan fingerprint density at radius 1 is 1.14 bits per heavy atom. The van der Waals surface area contributed by atoms with Crippen LogP contribution in [-0.2, 0) is 0 Å². The maximum Gasteiger partial charge on any atom is 0.151 e. The van der Waals surface area contributed by atoms with Crippen LogP contribution in [-0.4, -0.2) is 28.0 Å². The summed E-state index contributed by atoms with van der Waals surface area (Å²) in [6.45, 7) is 6.16. The van der Waals surface area contributed by atoms with Crippen LogP contribution >= 0.6 is 0 Å². The lowest BCUT2D eigenvalue weighted by molar-refractivity contribution is 0.578. The zero-order valence-electron chi connectivity index (χ0n) is 12.5. The van der Waals surface area contributed by atoms with Crippen molar-refractivity contribution in [3.8, 4) is 0 Å². The Morgan fingerprint density at radius 2 is 1.91 bits per heavy atom. The van der Waals surface area contributed by atoms with Crippen molar-refractivity contribution in [2.45, 2.75) is 19.3 Å². The Labute approximate surface area is 130 Å². The molecule has 2 aromatic heterocycles. The SMILES string of the molecule is C=C(Nc1cnccc1N1CCCCC1)c1nccnc1N. The van der Waals surface area contributed by atoms with Crippen molar-refractivity contribution in [3.63, 3.8) is 0 Å². The minimum Gasteiger partial charge on any atom is -0.382 e. The van der Waals surface area contributed by atoms with Crippen LogP contribution in [0, 0.1) is 0 Å². The number of pyridine rings is 1. The van der Waals surface area contributed by atoms with Gasteiger partial charge in [0.2, 0.25) is 0 Å². The summed E-state index contributed by atoms with van der Waals surface area (Å²) < 4.78 is 0. The highest BCUT2D eigenvalue weighted by molar-refractivity contribution is 5.83. The Balaban J connectivity index is 1.83. The van der Waals surface area contributed by atoms with Crippen LogP contribution in [0.1, 0.15) is 25.0 Å². The van der Waals surface area contributed by atoms with E-state index < -0.39 is 0 Å². The second kappa shape index (κ2) is 6.43. The van der Waals surface area contributed by atoms with E-state index in [0.717, 1.165) is 24.5 Å². The number of nitrogens with zero attached hydrogens (tertiary/aromatic N) is 4. The van der Waals surface area contributed by atoms with E-state index in [0.29, 0.717) is 17.2 Å². The van der Waals surface area contributed by atoms with Crippen LogP contribution in [0.15, 0.2) is 37.4 Å². The summed E-state index contributed by atoms with van der Waals surface area (Å²) in [5, 5.41) is 3.28. The average molecular weight is 296 g/mol. The molecule has 6 heteroatoms. The summed E-state index contributed by atoms with van der Waals surface area (Å²) in [4.78, 5) is 14.9. The fourth-order valence-corrected chi connectivity index (χ4v) is 2.70. The first-order valence-electron chi connectivity index (χ1n) is 7.47. The number of rotatable bonds is 4. The average Bonchev–Trinajstić information content (AvgIpc) is 2.56. The molecule has 1 fully saturated rings. The van der Waals surface area contributed by atoms with Crippen LogP contribution in [0.4, 0.5) is 17.2 Å². The van der Waals surface area contributed by atoms with Crippen molar-refractivity contribution in [1.29, 1.82) is 0 Å². The third kappa shape index (κ3) is 3.00. The molecule has 3 rings (SSSR count). The van der Waals surface area contributed by atoms with Gasteiger partial charge in [-0.15, -0.1) is 0 Å². The standard InChI is InChI=1S/C16H20N6/c1-12(15-16(17)20-8-7-19-15)21-13-11-18-6-5-14(13)22-9-3-2-4-10-22/h5-8,11,21H,1-4,9-10H2,(H2,17,20). The van der Waals surface area contributed by atoms with Gasteiger partial charge in [-0.25, -0.2) is 9.97 Å². The van der Waals surface area contributed by atoms with Gasteiger partial charge in [0.25, 0.3) is 0 Å². The minimum absolute atomic E-state index is 0.364. The van der Waals surface area contributed by atoms with Gasteiger partial charge in [0.05, 0.1) is 23.3 Å². The first-order chi connectivity index (χ1) is 10.8. The normalized spacial score (nSPS) is 14.6. The molecule has 6 nitrogen and oxygen atoms in total. The smallest absolute Gasteiger partial charge is 0.151 e. The highest BCUT2D eigenvalue weighted by Gasteiger charge is 2.15. The molecule has 0 aromatic carbocycles. The van der Waals surface area contributed by atoms with E-state index in [1.54, 1.807) is 12.4 Å². The molecule has 1 saturated heterocycles. The molecule has 0 amide bonds. The van der Waals surface area contributed by atoms with Gasteiger partial charge in [-0.05, 0) is 25.3 Å². The number of aromatic nitrogens is 3. The fraction of sp³-hybridized carbons (Fsp3) is 0.312. The number of nitrogens with two attached hydrogens (primary N) is 1. The van der Waals surface area contributed by atoms with E-state index >= 15 is 0 Å². The van der Waals surface area contributed by atoms with Crippen LogP contribution in [0.25, 0.3) is 5.70 Å². The third-order valence-corrected chi connectivity index (χ3v) is 3.79. The molecule has 2 aromatic rings. The van der Waals surface area contributed by atoms with E-state index in [-0.39, 0.29) is 0 Å². The quantitative estimate of drug-likeness (QED) is 0.902. The second-order valence-corrected chi connectivity index (χ2v) is 5.33. The lowest BCUT2D eigenvalue weighted by atomic mass is 10.1. The Morgan fingerprint density at radius 3 is 2.68 bits per heavy atom. The number of nitrogen functional groups attached to an aromatic ring is 1. The maximum atomic E-state index is 5.86. The molecule has 0 spiro atoms. The summed E-state index contributed by atoms with van der Waals surface area (Å²) >= 11 is 0. The van der Waals surface area contributed by atoms with Gasteiger partial charge in [0, 0.05) is 31.7 Å². The topological polar surface area (TPSA) is 80.0 Å². The van der Waals surface area contributed by atoms with Gasteiger partial charge in [0.15, 0.2) is 5.82 Å². The Hall–Kier alpha value is -2.63.